The third-order valence-electron chi connectivity index (χ3n) is 8.82. The van der Waals surface area contributed by atoms with E-state index in [0.29, 0.717) is 0 Å². The zero-order valence-corrected chi connectivity index (χ0v) is 32.3. The minimum absolute atomic E-state index is 0. The molecule has 0 atom stereocenters. The SMILES string of the molecule is Cc1cc(-c2[c-]cccc2)ncc1[Si](C)(C)C.[2H]C(C)(C)c1ccnc(-c2[c-]ccc3c2sc2c3ccc3c4ccccc4ccc32)c1.[Ir]. The number of aromatic nitrogens is 2. The van der Waals surface area contributed by atoms with E-state index in [-0.39, 0.29) is 20.1 Å². The van der Waals surface area contributed by atoms with Crippen LogP contribution in [0.3, 0.4) is 0 Å². The Labute approximate surface area is 303 Å². The van der Waals surface area contributed by atoms with E-state index in [0.717, 1.165) is 28.1 Å². The van der Waals surface area contributed by atoms with E-state index in [1.165, 1.54) is 52.5 Å². The van der Waals surface area contributed by atoms with E-state index >= 15 is 0 Å². The van der Waals surface area contributed by atoms with E-state index in [2.05, 4.69) is 122 Å². The standard InChI is InChI=1S/C28H20NS.C15H18NSi.Ir/c1-17(2)19-14-15-29-26(16-19)25-9-5-8-22-24-13-12-21-20-7-4-3-6-18(20)10-11-23(21)27(24)30-28(22)25;1-12-10-14(13-8-6-5-7-9-13)16-11-15(12)17(2,3)4;/h3-8,10-17H,1-2H3;5-8,10-11H,1-4H3;/q2*-1;/i17D;;. The van der Waals surface area contributed by atoms with Crippen molar-refractivity contribution < 1.29 is 21.5 Å². The fourth-order valence-electron chi connectivity index (χ4n) is 6.40. The molecule has 0 saturated carbocycles. The van der Waals surface area contributed by atoms with Gasteiger partial charge in [0.15, 0.2) is 0 Å². The Hall–Kier alpha value is -3.99. The van der Waals surface area contributed by atoms with Gasteiger partial charge in [-0.25, -0.2) is 0 Å². The molecule has 8 rings (SSSR count). The molecule has 48 heavy (non-hydrogen) atoms. The predicted molar refractivity (Wildman–Crippen MR) is 207 cm³/mol. The Morgan fingerprint density at radius 3 is 2.19 bits per heavy atom. The third-order valence-corrected chi connectivity index (χ3v) is 12.2. The van der Waals surface area contributed by atoms with Crippen LogP contribution in [0.4, 0.5) is 0 Å². The van der Waals surface area contributed by atoms with Gasteiger partial charge in [-0.3, -0.25) is 0 Å². The molecule has 0 saturated heterocycles. The number of benzene rings is 5. The first-order chi connectivity index (χ1) is 23.0. The van der Waals surface area contributed by atoms with E-state index in [4.69, 9.17) is 1.37 Å². The molecule has 8 aromatic rings. The second-order valence-corrected chi connectivity index (χ2v) is 19.4. The maximum Gasteiger partial charge on any atom is 0.0798 e. The molecule has 0 unspecified atom stereocenters. The van der Waals surface area contributed by atoms with Crippen LogP contribution in [-0.4, -0.2) is 18.0 Å². The summed E-state index contributed by atoms with van der Waals surface area (Å²) in [7, 11) is -1.27. The molecule has 5 heteroatoms. The first kappa shape index (κ1) is 32.5. The zero-order chi connectivity index (χ0) is 33.6. The van der Waals surface area contributed by atoms with Crippen LogP contribution < -0.4 is 5.19 Å². The smallest absolute Gasteiger partial charge is 0.0798 e. The van der Waals surface area contributed by atoms with Crippen molar-refractivity contribution >= 4 is 66.3 Å². The van der Waals surface area contributed by atoms with Gasteiger partial charge in [0.2, 0.25) is 0 Å². The molecule has 2 nitrogen and oxygen atoms in total. The molecule has 5 aromatic carbocycles. The monoisotopic (exact) mass is 836 g/mol. The zero-order valence-electron chi connectivity index (χ0n) is 29.1. The first-order valence-electron chi connectivity index (χ1n) is 16.6. The molecule has 0 amide bonds. The van der Waals surface area contributed by atoms with Gasteiger partial charge in [-0.05, 0) is 67.1 Å². The van der Waals surface area contributed by atoms with Gasteiger partial charge >= 0.3 is 0 Å². The van der Waals surface area contributed by atoms with Crippen LogP contribution in [0.5, 0.6) is 0 Å². The summed E-state index contributed by atoms with van der Waals surface area (Å²) in [6, 6.07) is 42.5. The summed E-state index contributed by atoms with van der Waals surface area (Å²) in [6.07, 6.45) is 3.86. The van der Waals surface area contributed by atoms with Crippen LogP contribution in [-0.2, 0) is 20.1 Å². The number of rotatable bonds is 4. The van der Waals surface area contributed by atoms with Crippen molar-refractivity contribution in [2.45, 2.75) is 46.3 Å². The number of pyridine rings is 2. The summed E-state index contributed by atoms with van der Waals surface area (Å²) in [5.74, 6) is -0.664. The normalized spacial score (nSPS) is 12.1. The summed E-state index contributed by atoms with van der Waals surface area (Å²) in [4.78, 5) is 9.22. The summed E-state index contributed by atoms with van der Waals surface area (Å²) in [6.45, 7) is 13.1. The Kier molecular flexibility index (Phi) is 9.40. The minimum atomic E-state index is -1.27. The average Bonchev–Trinajstić information content (AvgIpc) is 3.47. The molecule has 0 spiro atoms. The summed E-state index contributed by atoms with van der Waals surface area (Å²) in [5.41, 5.74) is 6.29. The molecule has 3 heterocycles. The van der Waals surface area contributed by atoms with Crippen LogP contribution in [0.25, 0.3) is 64.2 Å². The molecule has 0 fully saturated rings. The van der Waals surface area contributed by atoms with Gasteiger partial charge in [-0.2, -0.15) is 11.3 Å². The fourth-order valence-corrected chi connectivity index (χ4v) is 9.44. The maximum absolute atomic E-state index is 8.40. The summed E-state index contributed by atoms with van der Waals surface area (Å²) >= 11 is 1.82. The van der Waals surface area contributed by atoms with Crippen LogP contribution in [0.15, 0.2) is 116 Å². The van der Waals surface area contributed by atoms with Crippen molar-refractivity contribution in [1.29, 1.82) is 0 Å². The van der Waals surface area contributed by atoms with Gasteiger partial charge in [0.1, 0.15) is 0 Å². The second kappa shape index (κ2) is 13.9. The van der Waals surface area contributed by atoms with Crippen molar-refractivity contribution in [2.24, 2.45) is 0 Å². The molecule has 0 aliphatic rings. The molecule has 3 aromatic heterocycles. The van der Waals surface area contributed by atoms with Gasteiger partial charge in [-0.15, -0.1) is 59.7 Å². The average molecular weight is 836 g/mol. The number of aryl methyl sites for hydroxylation is 1. The molecule has 0 N–H and O–H groups in total. The molecule has 1 radical (unpaired) electrons. The summed E-state index contributed by atoms with van der Waals surface area (Å²) < 4.78 is 10.9. The van der Waals surface area contributed by atoms with Crippen molar-refractivity contribution in [3.63, 3.8) is 0 Å². The topological polar surface area (TPSA) is 25.8 Å². The second-order valence-electron chi connectivity index (χ2n) is 13.4. The number of fused-ring (bicyclic) bond motifs is 7. The van der Waals surface area contributed by atoms with E-state index in [1.54, 1.807) is 0 Å². The van der Waals surface area contributed by atoms with Crippen LogP contribution in [0.2, 0.25) is 19.6 Å². The summed E-state index contributed by atoms with van der Waals surface area (Å²) in [5, 5.41) is 9.09. The van der Waals surface area contributed by atoms with Crippen LogP contribution >= 0.6 is 11.3 Å². The number of thiophene rings is 1. The molecule has 0 aliphatic carbocycles. The van der Waals surface area contributed by atoms with Crippen LogP contribution in [0, 0.1) is 19.1 Å². The Bertz CT molecular complexity index is 2440. The van der Waals surface area contributed by atoms with Gasteiger partial charge in [0.05, 0.1) is 8.07 Å². The van der Waals surface area contributed by atoms with E-state index < -0.39 is 14.0 Å². The molecule has 241 valence electrons. The Morgan fingerprint density at radius 1 is 0.708 bits per heavy atom. The molecule has 0 aliphatic heterocycles. The van der Waals surface area contributed by atoms with E-state index in [9.17, 15) is 0 Å². The third kappa shape index (κ3) is 6.53. The number of nitrogens with zero attached hydrogens (tertiary/aromatic N) is 2. The van der Waals surface area contributed by atoms with Crippen LogP contribution in [0.1, 0.15) is 32.2 Å². The Balaban J connectivity index is 0.000000198. The maximum atomic E-state index is 8.40. The fraction of sp³-hybridized carbons (Fsp3) is 0.163. The van der Waals surface area contributed by atoms with Crippen molar-refractivity contribution in [2.75, 3.05) is 0 Å². The van der Waals surface area contributed by atoms with Gasteiger partial charge in [0, 0.05) is 38.6 Å². The van der Waals surface area contributed by atoms with Gasteiger partial charge in [0.25, 0.3) is 0 Å². The van der Waals surface area contributed by atoms with Gasteiger partial charge in [-0.1, -0.05) is 111 Å². The minimum Gasteiger partial charge on any atom is -0.305 e. The molecular weight excluding hydrogens is 797 g/mol. The largest absolute Gasteiger partial charge is 0.305 e. The van der Waals surface area contributed by atoms with Crippen molar-refractivity contribution in [1.82, 2.24) is 9.97 Å². The van der Waals surface area contributed by atoms with Crippen molar-refractivity contribution in [3.8, 4) is 22.5 Å². The van der Waals surface area contributed by atoms with E-state index in [1.807, 2.05) is 67.8 Å². The number of hydrogen-bond acceptors (Lipinski definition) is 3. The molecule has 0 bridgehead atoms. The quantitative estimate of drug-likeness (QED) is 0.100. The van der Waals surface area contributed by atoms with Gasteiger partial charge < -0.3 is 9.97 Å². The molecular formula is C43H38IrN2SSi-2. The predicted octanol–water partition coefficient (Wildman–Crippen LogP) is 11.7. The number of hydrogen-bond donors (Lipinski definition) is 0. The Morgan fingerprint density at radius 2 is 1.44 bits per heavy atom. The van der Waals surface area contributed by atoms with Crippen molar-refractivity contribution in [3.05, 3.63) is 139 Å². The first-order valence-corrected chi connectivity index (χ1v) is 20.4.